The average molecular weight is 351 g/mol. The third-order valence-electron chi connectivity index (χ3n) is 3.85. The highest BCUT2D eigenvalue weighted by Gasteiger charge is 2.31. The number of hydrogen-bond donors (Lipinski definition) is 2. The van der Waals surface area contributed by atoms with Gasteiger partial charge in [0.1, 0.15) is 11.4 Å². The van der Waals surface area contributed by atoms with Crippen LogP contribution < -0.4 is 10.9 Å². The number of hydrogen-bond acceptors (Lipinski definition) is 5. The Morgan fingerprint density at radius 1 is 1.28 bits per heavy atom. The van der Waals surface area contributed by atoms with Gasteiger partial charge in [0.2, 0.25) is 5.91 Å². The number of rotatable bonds is 2. The van der Waals surface area contributed by atoms with Crippen molar-refractivity contribution in [2.75, 3.05) is 13.1 Å². The SMILES string of the molecule is Cc1occc1C(=O)NNC(=O)C1CCCN(C(=O)OC(C)(C)C)C1. The Kier molecular flexibility index (Phi) is 5.71. The number of carbonyl (C=O) groups is 3. The Bertz CT molecular complexity index is 647. The molecule has 1 aliphatic rings. The fraction of sp³-hybridized carbons (Fsp3) is 0.588. The number of amides is 3. The van der Waals surface area contributed by atoms with Crippen molar-refractivity contribution < 1.29 is 23.5 Å². The molecule has 1 saturated heterocycles. The molecule has 0 saturated carbocycles. The molecule has 2 N–H and O–H groups in total. The molecule has 25 heavy (non-hydrogen) atoms. The van der Waals surface area contributed by atoms with Crippen LogP contribution in [0.4, 0.5) is 4.79 Å². The highest BCUT2D eigenvalue weighted by molar-refractivity contribution is 5.96. The molecule has 138 valence electrons. The molecule has 1 aliphatic heterocycles. The zero-order valence-corrected chi connectivity index (χ0v) is 15.0. The number of aryl methyl sites for hydroxylation is 1. The van der Waals surface area contributed by atoms with Crippen molar-refractivity contribution >= 4 is 17.9 Å². The minimum Gasteiger partial charge on any atom is -0.469 e. The molecule has 0 spiro atoms. The van der Waals surface area contributed by atoms with Gasteiger partial charge < -0.3 is 14.1 Å². The van der Waals surface area contributed by atoms with Crippen molar-refractivity contribution in [3.05, 3.63) is 23.7 Å². The lowest BCUT2D eigenvalue weighted by molar-refractivity contribution is -0.127. The Hall–Kier alpha value is -2.51. The summed E-state index contributed by atoms with van der Waals surface area (Å²) < 4.78 is 10.4. The van der Waals surface area contributed by atoms with Crippen molar-refractivity contribution in [2.24, 2.45) is 5.92 Å². The molecule has 0 radical (unpaired) electrons. The van der Waals surface area contributed by atoms with Gasteiger partial charge in [0.25, 0.3) is 5.91 Å². The predicted octanol–water partition coefficient (Wildman–Crippen LogP) is 2.00. The number of ether oxygens (including phenoxy) is 1. The Labute approximate surface area is 146 Å². The summed E-state index contributed by atoms with van der Waals surface area (Å²) in [6.07, 6.45) is 2.33. The van der Waals surface area contributed by atoms with Crippen molar-refractivity contribution in [1.29, 1.82) is 0 Å². The van der Waals surface area contributed by atoms with Crippen LogP contribution in [0, 0.1) is 12.8 Å². The molecule has 1 atom stereocenters. The quantitative estimate of drug-likeness (QED) is 0.794. The molecule has 0 aromatic carbocycles. The van der Waals surface area contributed by atoms with Crippen LogP contribution in [0.25, 0.3) is 0 Å². The van der Waals surface area contributed by atoms with Gasteiger partial charge in [-0.1, -0.05) is 0 Å². The lowest BCUT2D eigenvalue weighted by atomic mass is 9.98. The minimum atomic E-state index is -0.581. The second kappa shape index (κ2) is 7.58. The molecule has 1 fully saturated rings. The van der Waals surface area contributed by atoms with Crippen LogP contribution in [-0.4, -0.2) is 41.5 Å². The van der Waals surface area contributed by atoms with Gasteiger partial charge in [-0.15, -0.1) is 0 Å². The minimum absolute atomic E-state index is 0.265. The van der Waals surface area contributed by atoms with Crippen LogP contribution in [-0.2, 0) is 9.53 Å². The maximum Gasteiger partial charge on any atom is 0.410 e. The van der Waals surface area contributed by atoms with Gasteiger partial charge >= 0.3 is 6.09 Å². The van der Waals surface area contributed by atoms with E-state index >= 15 is 0 Å². The Balaban J connectivity index is 1.86. The highest BCUT2D eigenvalue weighted by atomic mass is 16.6. The normalized spacial score (nSPS) is 17.8. The third-order valence-corrected chi connectivity index (χ3v) is 3.85. The number of carbonyl (C=O) groups excluding carboxylic acids is 3. The fourth-order valence-corrected chi connectivity index (χ4v) is 2.59. The van der Waals surface area contributed by atoms with E-state index in [0.717, 1.165) is 0 Å². The number of nitrogens with zero attached hydrogens (tertiary/aromatic N) is 1. The summed E-state index contributed by atoms with van der Waals surface area (Å²) >= 11 is 0. The summed E-state index contributed by atoms with van der Waals surface area (Å²) in [6.45, 7) is 7.88. The molecule has 1 aromatic rings. The molecular formula is C17H25N3O5. The van der Waals surface area contributed by atoms with Gasteiger partial charge in [0.05, 0.1) is 17.7 Å². The fourth-order valence-electron chi connectivity index (χ4n) is 2.59. The summed E-state index contributed by atoms with van der Waals surface area (Å²) in [7, 11) is 0. The van der Waals surface area contributed by atoms with E-state index in [2.05, 4.69) is 10.9 Å². The number of hydrazine groups is 1. The van der Waals surface area contributed by atoms with E-state index in [9.17, 15) is 14.4 Å². The highest BCUT2D eigenvalue weighted by Crippen LogP contribution is 2.19. The molecule has 1 aromatic heterocycles. The largest absolute Gasteiger partial charge is 0.469 e. The predicted molar refractivity (Wildman–Crippen MR) is 89.6 cm³/mol. The number of piperidine rings is 1. The molecule has 0 bridgehead atoms. The first kappa shape index (κ1) is 18.8. The lowest BCUT2D eigenvalue weighted by Crippen LogP contribution is -2.50. The monoisotopic (exact) mass is 351 g/mol. The summed E-state index contributed by atoms with van der Waals surface area (Å²) in [5.41, 5.74) is 4.57. The zero-order chi connectivity index (χ0) is 18.6. The van der Waals surface area contributed by atoms with Crippen LogP contribution in [0.1, 0.15) is 49.7 Å². The Morgan fingerprint density at radius 2 is 2.00 bits per heavy atom. The number of furan rings is 1. The van der Waals surface area contributed by atoms with E-state index in [1.165, 1.54) is 17.2 Å². The van der Waals surface area contributed by atoms with Gasteiger partial charge in [-0.05, 0) is 46.6 Å². The van der Waals surface area contributed by atoms with Crippen LogP contribution in [0.3, 0.4) is 0 Å². The first-order valence-electron chi connectivity index (χ1n) is 8.29. The number of likely N-dealkylation sites (tertiary alicyclic amines) is 1. The zero-order valence-electron chi connectivity index (χ0n) is 15.0. The maximum absolute atomic E-state index is 12.3. The second-order valence-electron chi connectivity index (χ2n) is 7.10. The lowest BCUT2D eigenvalue weighted by Gasteiger charge is -2.33. The van der Waals surface area contributed by atoms with E-state index in [1.54, 1.807) is 27.7 Å². The van der Waals surface area contributed by atoms with Crippen LogP contribution in [0.5, 0.6) is 0 Å². The van der Waals surface area contributed by atoms with E-state index in [-0.39, 0.29) is 12.5 Å². The average Bonchev–Trinajstić information content (AvgIpc) is 2.97. The Morgan fingerprint density at radius 3 is 2.60 bits per heavy atom. The van der Waals surface area contributed by atoms with Gasteiger partial charge in [0, 0.05) is 13.1 Å². The summed E-state index contributed by atoms with van der Waals surface area (Å²) in [6, 6.07) is 1.53. The summed E-state index contributed by atoms with van der Waals surface area (Å²) in [5.74, 6) is -0.699. The smallest absolute Gasteiger partial charge is 0.410 e. The summed E-state index contributed by atoms with van der Waals surface area (Å²) in [4.78, 5) is 37.9. The molecule has 3 amide bonds. The first-order chi connectivity index (χ1) is 11.7. The summed E-state index contributed by atoms with van der Waals surface area (Å²) in [5, 5.41) is 0. The van der Waals surface area contributed by atoms with Gasteiger partial charge in [0.15, 0.2) is 0 Å². The van der Waals surface area contributed by atoms with Crippen LogP contribution in [0.2, 0.25) is 0 Å². The van der Waals surface area contributed by atoms with Crippen molar-refractivity contribution in [3.63, 3.8) is 0 Å². The molecule has 2 rings (SSSR count). The maximum atomic E-state index is 12.3. The van der Waals surface area contributed by atoms with Crippen molar-refractivity contribution in [1.82, 2.24) is 15.8 Å². The van der Waals surface area contributed by atoms with Gasteiger partial charge in [-0.3, -0.25) is 20.4 Å². The molecular weight excluding hydrogens is 326 g/mol. The van der Waals surface area contributed by atoms with Crippen LogP contribution in [0.15, 0.2) is 16.7 Å². The van der Waals surface area contributed by atoms with Crippen molar-refractivity contribution in [3.8, 4) is 0 Å². The first-order valence-corrected chi connectivity index (χ1v) is 8.29. The van der Waals surface area contributed by atoms with E-state index < -0.39 is 23.5 Å². The van der Waals surface area contributed by atoms with E-state index in [4.69, 9.17) is 9.15 Å². The van der Waals surface area contributed by atoms with Gasteiger partial charge in [-0.2, -0.15) is 0 Å². The van der Waals surface area contributed by atoms with E-state index in [0.29, 0.717) is 30.7 Å². The van der Waals surface area contributed by atoms with Crippen molar-refractivity contribution in [2.45, 2.75) is 46.1 Å². The van der Waals surface area contributed by atoms with Gasteiger partial charge in [-0.25, -0.2) is 4.79 Å². The second-order valence-corrected chi connectivity index (χ2v) is 7.10. The molecule has 1 unspecified atom stereocenters. The molecule has 0 aliphatic carbocycles. The molecule has 8 heteroatoms. The van der Waals surface area contributed by atoms with Crippen LogP contribution >= 0.6 is 0 Å². The third kappa shape index (κ3) is 5.23. The number of nitrogens with one attached hydrogen (secondary N) is 2. The standard InChI is InChI=1S/C17H25N3O5/c1-11-13(7-9-24-11)15(22)19-18-14(21)12-6-5-8-20(10-12)16(23)25-17(2,3)4/h7,9,12H,5-6,8,10H2,1-4H3,(H,18,21)(H,19,22). The molecule has 2 heterocycles. The molecule has 8 nitrogen and oxygen atoms in total. The topological polar surface area (TPSA) is 101 Å². The van der Waals surface area contributed by atoms with E-state index in [1.807, 2.05) is 0 Å².